The van der Waals surface area contributed by atoms with Gasteiger partial charge in [0.15, 0.2) is 0 Å². The molecule has 4 rings (SSSR count). The van der Waals surface area contributed by atoms with Crippen molar-refractivity contribution >= 4 is 17.7 Å². The molecule has 1 unspecified atom stereocenters. The third-order valence-electron chi connectivity index (χ3n) is 6.19. The first-order valence-electron chi connectivity index (χ1n) is 11.3. The fraction of sp³-hybridized carbons (Fsp3) is 0.308. The van der Waals surface area contributed by atoms with E-state index in [0.29, 0.717) is 25.2 Å². The van der Waals surface area contributed by atoms with Crippen LogP contribution < -0.4 is 4.90 Å². The molecule has 1 atom stereocenters. The summed E-state index contributed by atoms with van der Waals surface area (Å²) >= 11 is 0. The van der Waals surface area contributed by atoms with E-state index in [1.165, 1.54) is 4.90 Å². The Morgan fingerprint density at radius 2 is 1.85 bits per heavy atom. The number of nitrogens with zero attached hydrogens (tertiary/aromatic N) is 5. The molecule has 2 aromatic heterocycles. The van der Waals surface area contributed by atoms with Gasteiger partial charge in [-0.3, -0.25) is 19.7 Å². The molecule has 3 heterocycles. The summed E-state index contributed by atoms with van der Waals surface area (Å²) in [6.45, 7) is 6.54. The molecule has 1 saturated heterocycles. The van der Waals surface area contributed by atoms with Crippen LogP contribution in [0.4, 0.5) is 10.5 Å². The van der Waals surface area contributed by atoms with Crippen molar-refractivity contribution in [1.29, 1.82) is 0 Å². The molecule has 1 aromatic carbocycles. The molecule has 34 heavy (non-hydrogen) atoms. The molecule has 8 nitrogen and oxygen atoms in total. The van der Waals surface area contributed by atoms with E-state index in [0.717, 1.165) is 34.7 Å². The summed E-state index contributed by atoms with van der Waals surface area (Å²) in [5.74, 6) is -0.128. The molecule has 0 spiro atoms. The minimum absolute atomic E-state index is 0.0307. The lowest BCUT2D eigenvalue weighted by atomic mass is 10.1. The van der Waals surface area contributed by atoms with Gasteiger partial charge in [0.25, 0.3) is 5.91 Å². The van der Waals surface area contributed by atoms with E-state index in [-0.39, 0.29) is 11.9 Å². The van der Waals surface area contributed by atoms with Crippen LogP contribution in [0.3, 0.4) is 0 Å². The Balaban J connectivity index is 1.38. The Morgan fingerprint density at radius 1 is 1.09 bits per heavy atom. The van der Waals surface area contributed by atoms with Gasteiger partial charge >= 0.3 is 6.09 Å². The monoisotopic (exact) mass is 459 g/mol. The lowest BCUT2D eigenvalue weighted by Gasteiger charge is -2.38. The molecule has 1 N–H and O–H groups in total. The summed E-state index contributed by atoms with van der Waals surface area (Å²) in [5.41, 5.74) is 5.12. The second-order valence-corrected chi connectivity index (χ2v) is 8.71. The number of carboxylic acid groups (broad SMARTS) is 1. The number of anilines is 1. The Bertz CT molecular complexity index is 1160. The highest BCUT2D eigenvalue weighted by Crippen LogP contribution is 2.21. The van der Waals surface area contributed by atoms with Crippen LogP contribution in [-0.2, 0) is 6.54 Å². The number of rotatable bonds is 5. The van der Waals surface area contributed by atoms with Crippen molar-refractivity contribution in [3.63, 3.8) is 0 Å². The van der Waals surface area contributed by atoms with Gasteiger partial charge in [-0.2, -0.15) is 0 Å². The largest absolute Gasteiger partial charge is 0.465 e. The summed E-state index contributed by atoms with van der Waals surface area (Å²) in [6, 6.07) is 15.4. The van der Waals surface area contributed by atoms with Crippen LogP contribution in [0.5, 0.6) is 0 Å². The van der Waals surface area contributed by atoms with E-state index >= 15 is 0 Å². The second-order valence-electron chi connectivity index (χ2n) is 8.71. The van der Waals surface area contributed by atoms with Gasteiger partial charge in [0.1, 0.15) is 0 Å². The Kier molecular flexibility index (Phi) is 6.88. The van der Waals surface area contributed by atoms with E-state index < -0.39 is 6.09 Å². The van der Waals surface area contributed by atoms with Crippen molar-refractivity contribution in [3.8, 4) is 11.3 Å². The zero-order valence-electron chi connectivity index (χ0n) is 19.7. The Hall–Kier alpha value is -3.78. The van der Waals surface area contributed by atoms with Crippen LogP contribution in [0.2, 0.25) is 0 Å². The van der Waals surface area contributed by atoms with Gasteiger partial charge < -0.3 is 14.9 Å². The molecule has 0 bridgehead atoms. The molecule has 3 aromatic rings. The third kappa shape index (κ3) is 5.23. The zero-order chi connectivity index (χ0) is 24.2. The fourth-order valence-electron chi connectivity index (χ4n) is 4.25. The van der Waals surface area contributed by atoms with E-state index in [1.54, 1.807) is 30.4 Å². The Labute approximate surface area is 199 Å². The van der Waals surface area contributed by atoms with E-state index in [2.05, 4.69) is 14.9 Å². The van der Waals surface area contributed by atoms with Crippen molar-refractivity contribution in [3.05, 3.63) is 77.7 Å². The number of carbonyl (C=O) groups excluding carboxylic acids is 1. The molecular weight excluding hydrogens is 430 g/mol. The number of hydrogen-bond acceptors (Lipinski definition) is 5. The highest BCUT2D eigenvalue weighted by atomic mass is 16.4. The lowest BCUT2D eigenvalue weighted by Crippen LogP contribution is -2.53. The first-order chi connectivity index (χ1) is 16.3. The number of piperazine rings is 1. The van der Waals surface area contributed by atoms with Gasteiger partial charge in [-0.05, 0) is 55.8 Å². The van der Waals surface area contributed by atoms with Gasteiger partial charge in [-0.1, -0.05) is 12.1 Å². The summed E-state index contributed by atoms with van der Waals surface area (Å²) in [5, 5.41) is 9.24. The SMILES string of the molecule is Cc1cc(-c2ccc(C(=O)N(C)c3ccc(CN4CCN(C(=O)O)C(C)C4)cc3)cn2)ccn1. The molecule has 8 heteroatoms. The van der Waals surface area contributed by atoms with Crippen molar-refractivity contribution in [2.24, 2.45) is 0 Å². The van der Waals surface area contributed by atoms with Crippen molar-refractivity contribution < 1.29 is 14.7 Å². The zero-order valence-corrected chi connectivity index (χ0v) is 19.7. The summed E-state index contributed by atoms with van der Waals surface area (Å²) in [4.78, 5) is 38.3. The number of benzene rings is 1. The van der Waals surface area contributed by atoms with E-state index in [1.807, 2.05) is 56.3 Å². The number of amides is 2. The van der Waals surface area contributed by atoms with Crippen LogP contribution in [0.15, 0.2) is 60.9 Å². The van der Waals surface area contributed by atoms with Gasteiger partial charge in [-0.25, -0.2) is 4.79 Å². The highest BCUT2D eigenvalue weighted by Gasteiger charge is 2.27. The van der Waals surface area contributed by atoms with Crippen molar-refractivity contribution in [2.45, 2.75) is 26.4 Å². The smallest absolute Gasteiger partial charge is 0.407 e. The van der Waals surface area contributed by atoms with Gasteiger partial charge in [0, 0.05) is 68.6 Å². The average Bonchev–Trinajstić information content (AvgIpc) is 2.83. The maximum atomic E-state index is 13.0. The van der Waals surface area contributed by atoms with E-state index in [4.69, 9.17) is 0 Å². The molecule has 0 saturated carbocycles. The third-order valence-corrected chi connectivity index (χ3v) is 6.19. The predicted molar refractivity (Wildman–Crippen MR) is 131 cm³/mol. The maximum Gasteiger partial charge on any atom is 0.407 e. The minimum atomic E-state index is -0.860. The van der Waals surface area contributed by atoms with Gasteiger partial charge in [0.05, 0.1) is 11.3 Å². The number of carbonyl (C=O) groups is 2. The maximum absolute atomic E-state index is 13.0. The van der Waals surface area contributed by atoms with Gasteiger partial charge in [0.2, 0.25) is 0 Å². The molecule has 1 aliphatic rings. The fourth-order valence-corrected chi connectivity index (χ4v) is 4.25. The molecular formula is C26H29N5O3. The summed E-state index contributed by atoms with van der Waals surface area (Å²) < 4.78 is 0. The number of aromatic nitrogens is 2. The number of pyridine rings is 2. The predicted octanol–water partition coefficient (Wildman–Crippen LogP) is 3.91. The van der Waals surface area contributed by atoms with E-state index in [9.17, 15) is 14.7 Å². The standard InChI is InChI=1S/C26H29N5O3/c1-18-14-21(10-11-27-18)24-9-6-22(15-28-24)25(32)29(3)23-7-4-20(5-8-23)17-30-12-13-31(26(33)34)19(2)16-30/h4-11,14-15,19H,12-13,16-17H2,1-3H3,(H,33,34). The molecule has 1 aliphatic heterocycles. The van der Waals surface area contributed by atoms with Crippen LogP contribution in [0.25, 0.3) is 11.3 Å². The Morgan fingerprint density at radius 3 is 2.47 bits per heavy atom. The summed E-state index contributed by atoms with van der Waals surface area (Å²) in [7, 11) is 1.75. The van der Waals surface area contributed by atoms with Gasteiger partial charge in [-0.15, -0.1) is 0 Å². The van der Waals surface area contributed by atoms with Crippen molar-refractivity contribution in [1.82, 2.24) is 19.8 Å². The molecule has 1 fully saturated rings. The molecule has 2 amide bonds. The second kappa shape index (κ2) is 10.0. The molecule has 176 valence electrons. The molecule has 0 radical (unpaired) electrons. The highest BCUT2D eigenvalue weighted by molar-refractivity contribution is 6.05. The number of aryl methyl sites for hydroxylation is 1. The van der Waals surface area contributed by atoms with Crippen LogP contribution in [0, 0.1) is 6.92 Å². The normalized spacial score (nSPS) is 16.3. The number of hydrogen-bond donors (Lipinski definition) is 1. The summed E-state index contributed by atoms with van der Waals surface area (Å²) in [6.07, 6.45) is 2.50. The van der Waals surface area contributed by atoms with Crippen LogP contribution in [-0.4, -0.2) is 69.6 Å². The topological polar surface area (TPSA) is 89.9 Å². The lowest BCUT2D eigenvalue weighted by molar-refractivity contribution is 0.0711. The van der Waals surface area contributed by atoms with Crippen LogP contribution >= 0.6 is 0 Å². The first-order valence-corrected chi connectivity index (χ1v) is 11.3. The average molecular weight is 460 g/mol. The quantitative estimate of drug-likeness (QED) is 0.622. The van der Waals surface area contributed by atoms with Crippen molar-refractivity contribution in [2.75, 3.05) is 31.6 Å². The molecule has 0 aliphatic carbocycles. The minimum Gasteiger partial charge on any atom is -0.465 e. The first kappa shape index (κ1) is 23.4. The van der Waals surface area contributed by atoms with Crippen LogP contribution in [0.1, 0.15) is 28.5 Å².